The van der Waals surface area contributed by atoms with Crippen molar-refractivity contribution in [2.24, 2.45) is 23.7 Å². The van der Waals surface area contributed by atoms with Gasteiger partial charge in [0, 0.05) is 11.8 Å². The first-order chi connectivity index (χ1) is 10.0. The first-order valence-electron chi connectivity index (χ1n) is 8.63. The first kappa shape index (κ1) is 16.3. The molecule has 1 fully saturated rings. The fourth-order valence-corrected chi connectivity index (χ4v) is 3.73. The molecule has 1 saturated carbocycles. The van der Waals surface area contributed by atoms with E-state index < -0.39 is 0 Å². The molecule has 1 heteroatoms. The molecule has 0 N–H and O–H groups in total. The third-order valence-corrected chi connectivity index (χ3v) is 5.68. The van der Waals surface area contributed by atoms with Crippen molar-refractivity contribution in [2.75, 3.05) is 0 Å². The molecule has 21 heavy (non-hydrogen) atoms. The Morgan fingerprint density at radius 2 is 1.81 bits per heavy atom. The zero-order valence-electron chi connectivity index (χ0n) is 14.0. The van der Waals surface area contributed by atoms with Gasteiger partial charge in [0.05, 0.1) is 0 Å². The van der Waals surface area contributed by atoms with Gasteiger partial charge in [0.15, 0.2) is 0 Å². The summed E-state index contributed by atoms with van der Waals surface area (Å²) in [6.07, 6.45) is 4.44. The summed E-state index contributed by atoms with van der Waals surface area (Å²) in [6, 6.07) is 10.4. The van der Waals surface area contributed by atoms with Crippen LogP contribution in [0.15, 0.2) is 30.3 Å². The molecule has 0 saturated heterocycles. The molecule has 0 bridgehead atoms. The van der Waals surface area contributed by atoms with E-state index in [9.17, 15) is 4.79 Å². The van der Waals surface area contributed by atoms with E-state index in [1.807, 2.05) is 6.07 Å². The van der Waals surface area contributed by atoms with Crippen LogP contribution in [0.5, 0.6) is 0 Å². The highest BCUT2D eigenvalue weighted by Crippen LogP contribution is 2.39. The molecule has 0 spiro atoms. The van der Waals surface area contributed by atoms with Gasteiger partial charge in [-0.1, -0.05) is 64.4 Å². The Kier molecular flexibility index (Phi) is 5.61. The zero-order valence-corrected chi connectivity index (χ0v) is 14.0. The van der Waals surface area contributed by atoms with Crippen molar-refractivity contribution in [3.05, 3.63) is 35.9 Å². The second kappa shape index (κ2) is 7.24. The van der Waals surface area contributed by atoms with E-state index in [0.29, 0.717) is 17.6 Å². The minimum Gasteiger partial charge on any atom is -0.299 e. The van der Waals surface area contributed by atoms with Gasteiger partial charge in [-0.3, -0.25) is 4.79 Å². The van der Waals surface area contributed by atoms with Crippen molar-refractivity contribution in [3.8, 4) is 0 Å². The largest absolute Gasteiger partial charge is 0.299 e. The molecule has 0 aromatic heterocycles. The minimum absolute atomic E-state index is 0.0850. The number of hydrogen-bond acceptors (Lipinski definition) is 1. The van der Waals surface area contributed by atoms with Crippen molar-refractivity contribution in [3.63, 3.8) is 0 Å². The van der Waals surface area contributed by atoms with Crippen LogP contribution in [0, 0.1) is 23.7 Å². The van der Waals surface area contributed by atoms with Gasteiger partial charge in [-0.05, 0) is 42.6 Å². The van der Waals surface area contributed by atoms with Crippen molar-refractivity contribution in [1.29, 1.82) is 0 Å². The van der Waals surface area contributed by atoms with E-state index in [4.69, 9.17) is 0 Å². The normalized spacial score (nSPS) is 28.9. The lowest BCUT2D eigenvalue weighted by atomic mass is 9.69. The summed E-state index contributed by atoms with van der Waals surface area (Å²) in [6.45, 7) is 9.06. The maximum Gasteiger partial charge on any atom is 0.143 e. The summed E-state index contributed by atoms with van der Waals surface area (Å²) in [5.74, 6) is 2.73. The topological polar surface area (TPSA) is 17.1 Å². The van der Waals surface area contributed by atoms with Crippen LogP contribution in [0.25, 0.3) is 0 Å². The summed E-state index contributed by atoms with van der Waals surface area (Å²) >= 11 is 0. The standard InChI is InChI=1S/C20H30O/c1-5-14(2)19(17-9-7-6-8-10-17)20(21)18-12-11-15(3)16(4)13-18/h6-10,14-16,18-19H,5,11-13H2,1-4H3. The van der Waals surface area contributed by atoms with Crippen LogP contribution >= 0.6 is 0 Å². The number of hydrogen-bond donors (Lipinski definition) is 0. The zero-order chi connectivity index (χ0) is 15.4. The van der Waals surface area contributed by atoms with Crippen molar-refractivity contribution in [2.45, 2.75) is 59.3 Å². The van der Waals surface area contributed by atoms with Crippen LogP contribution < -0.4 is 0 Å². The molecule has 1 aliphatic rings. The monoisotopic (exact) mass is 286 g/mol. The van der Waals surface area contributed by atoms with Gasteiger partial charge < -0.3 is 0 Å². The van der Waals surface area contributed by atoms with Crippen molar-refractivity contribution < 1.29 is 4.79 Å². The van der Waals surface area contributed by atoms with E-state index in [2.05, 4.69) is 52.0 Å². The van der Waals surface area contributed by atoms with Crippen LogP contribution in [0.3, 0.4) is 0 Å². The van der Waals surface area contributed by atoms with Crippen molar-refractivity contribution >= 4 is 5.78 Å². The van der Waals surface area contributed by atoms with Crippen LogP contribution in [0.2, 0.25) is 0 Å². The van der Waals surface area contributed by atoms with Gasteiger partial charge >= 0.3 is 0 Å². The van der Waals surface area contributed by atoms with Crippen LogP contribution in [-0.4, -0.2) is 5.78 Å². The molecule has 2 rings (SSSR count). The van der Waals surface area contributed by atoms with Gasteiger partial charge in [-0.15, -0.1) is 0 Å². The Bertz CT molecular complexity index is 450. The van der Waals surface area contributed by atoms with Gasteiger partial charge in [0.2, 0.25) is 0 Å². The molecule has 1 aliphatic carbocycles. The van der Waals surface area contributed by atoms with Crippen LogP contribution in [0.1, 0.15) is 64.9 Å². The summed E-state index contributed by atoms with van der Waals surface area (Å²) in [5.41, 5.74) is 1.21. The molecule has 5 atom stereocenters. The smallest absolute Gasteiger partial charge is 0.143 e. The fraction of sp³-hybridized carbons (Fsp3) is 0.650. The molecule has 1 aromatic carbocycles. The fourth-order valence-electron chi connectivity index (χ4n) is 3.73. The third-order valence-electron chi connectivity index (χ3n) is 5.68. The Labute approximate surface area is 130 Å². The maximum absolute atomic E-state index is 13.2. The highest BCUT2D eigenvalue weighted by atomic mass is 16.1. The summed E-state index contributed by atoms with van der Waals surface area (Å²) in [7, 11) is 0. The number of carbonyl (C=O) groups is 1. The van der Waals surface area contributed by atoms with E-state index in [-0.39, 0.29) is 11.8 Å². The molecule has 116 valence electrons. The van der Waals surface area contributed by atoms with E-state index in [1.165, 1.54) is 12.0 Å². The number of carbonyl (C=O) groups excluding carboxylic acids is 1. The number of Topliss-reactive ketones (excluding diaryl/α,β-unsaturated/α-hetero) is 1. The van der Waals surface area contributed by atoms with Crippen LogP contribution in [0.4, 0.5) is 0 Å². The van der Waals surface area contributed by atoms with Crippen LogP contribution in [-0.2, 0) is 4.79 Å². The molecule has 0 heterocycles. The lowest BCUT2D eigenvalue weighted by molar-refractivity contribution is -0.127. The van der Waals surface area contributed by atoms with Crippen molar-refractivity contribution in [1.82, 2.24) is 0 Å². The second-order valence-corrected chi connectivity index (χ2v) is 7.14. The third kappa shape index (κ3) is 3.75. The minimum atomic E-state index is 0.0850. The second-order valence-electron chi connectivity index (χ2n) is 7.14. The predicted octanol–water partition coefficient (Wildman–Crippen LogP) is 5.46. The van der Waals surface area contributed by atoms with Gasteiger partial charge in [-0.25, -0.2) is 0 Å². The van der Waals surface area contributed by atoms with Gasteiger partial charge in [0.1, 0.15) is 5.78 Å². The molecular weight excluding hydrogens is 256 g/mol. The Morgan fingerprint density at radius 1 is 1.14 bits per heavy atom. The maximum atomic E-state index is 13.2. The van der Waals surface area contributed by atoms with Gasteiger partial charge in [-0.2, -0.15) is 0 Å². The summed E-state index contributed by atoms with van der Waals surface area (Å²) < 4.78 is 0. The van der Waals surface area contributed by atoms with Gasteiger partial charge in [0.25, 0.3) is 0 Å². The SMILES string of the molecule is CCC(C)C(C(=O)C1CCC(C)C(C)C1)c1ccccc1. The Hall–Kier alpha value is -1.11. The molecule has 1 aromatic rings. The molecule has 5 unspecified atom stereocenters. The average molecular weight is 286 g/mol. The lowest BCUT2D eigenvalue weighted by Crippen LogP contribution is -2.32. The van der Waals surface area contributed by atoms with E-state index >= 15 is 0 Å². The molecule has 0 radical (unpaired) electrons. The average Bonchev–Trinajstić information content (AvgIpc) is 2.51. The number of rotatable bonds is 5. The molecular formula is C20H30O. The molecule has 1 nitrogen and oxygen atoms in total. The highest BCUT2D eigenvalue weighted by Gasteiger charge is 2.35. The summed E-state index contributed by atoms with van der Waals surface area (Å²) in [4.78, 5) is 13.2. The highest BCUT2D eigenvalue weighted by molar-refractivity contribution is 5.88. The number of benzene rings is 1. The molecule has 0 amide bonds. The number of ketones is 1. The van der Waals surface area contributed by atoms with E-state index in [1.54, 1.807) is 0 Å². The lowest BCUT2D eigenvalue weighted by Gasteiger charge is -2.34. The Balaban J connectivity index is 2.19. The quantitative estimate of drug-likeness (QED) is 0.702. The van der Waals surface area contributed by atoms with E-state index in [0.717, 1.165) is 25.2 Å². The predicted molar refractivity (Wildman–Crippen MR) is 89.3 cm³/mol. The summed E-state index contributed by atoms with van der Waals surface area (Å²) in [5, 5.41) is 0. The Morgan fingerprint density at radius 3 is 2.38 bits per heavy atom. The molecule has 0 aliphatic heterocycles. The first-order valence-corrected chi connectivity index (χ1v) is 8.63.